The van der Waals surface area contributed by atoms with Gasteiger partial charge in [0.1, 0.15) is 5.82 Å². The van der Waals surface area contributed by atoms with Gasteiger partial charge in [0, 0.05) is 35.4 Å². The van der Waals surface area contributed by atoms with E-state index < -0.39 is 0 Å². The third-order valence-electron chi connectivity index (χ3n) is 4.26. The summed E-state index contributed by atoms with van der Waals surface area (Å²) in [5.41, 5.74) is 1.76. The van der Waals surface area contributed by atoms with Gasteiger partial charge in [0.05, 0.1) is 6.54 Å². The van der Waals surface area contributed by atoms with Gasteiger partial charge in [-0.1, -0.05) is 11.6 Å². The van der Waals surface area contributed by atoms with Crippen molar-refractivity contribution in [3.8, 4) is 0 Å². The van der Waals surface area contributed by atoms with Gasteiger partial charge in [0.15, 0.2) is 5.78 Å². The Morgan fingerprint density at radius 2 is 2.36 bits per heavy atom. The molecule has 4 nitrogen and oxygen atoms in total. The molecule has 0 bridgehead atoms. The van der Waals surface area contributed by atoms with Crippen LogP contribution in [0.1, 0.15) is 34.6 Å². The predicted molar refractivity (Wildman–Crippen MR) is 87.1 cm³/mol. The number of Topliss-reactive ketones (excluding diaryl/α,β-unsaturated/α-hetero) is 1. The Labute approximate surface area is 135 Å². The smallest absolute Gasteiger partial charge is 0.167 e. The van der Waals surface area contributed by atoms with Crippen LogP contribution in [0, 0.1) is 12.8 Å². The molecule has 0 saturated carbocycles. The van der Waals surface area contributed by atoms with Gasteiger partial charge in [0.2, 0.25) is 0 Å². The Morgan fingerprint density at radius 1 is 1.50 bits per heavy atom. The van der Waals surface area contributed by atoms with E-state index in [9.17, 15) is 4.79 Å². The summed E-state index contributed by atoms with van der Waals surface area (Å²) < 4.78 is 0. The quantitative estimate of drug-likeness (QED) is 0.878. The normalized spacial score (nSPS) is 19.3. The van der Waals surface area contributed by atoms with Crippen LogP contribution in [0.25, 0.3) is 0 Å². The maximum Gasteiger partial charge on any atom is 0.167 e. The second-order valence-electron chi connectivity index (χ2n) is 5.93. The number of likely N-dealkylation sites (tertiary alicyclic amines) is 1. The molecular weight excluding hydrogens is 298 g/mol. The summed E-state index contributed by atoms with van der Waals surface area (Å²) in [7, 11) is 0. The average Bonchev–Trinajstić information content (AvgIpc) is 3.00. The van der Waals surface area contributed by atoms with Gasteiger partial charge in [-0.3, -0.25) is 9.69 Å². The first-order chi connectivity index (χ1) is 10.6. The highest BCUT2D eigenvalue weighted by Crippen LogP contribution is 2.24. The molecule has 5 heteroatoms. The van der Waals surface area contributed by atoms with Gasteiger partial charge in [-0.05, 0) is 50.1 Å². The van der Waals surface area contributed by atoms with Gasteiger partial charge in [-0.25, -0.2) is 4.98 Å². The Hall–Kier alpha value is -1.65. The summed E-state index contributed by atoms with van der Waals surface area (Å²) in [6, 6.07) is 5.51. The number of aromatic nitrogens is 2. The molecule has 116 valence electrons. The first-order valence-corrected chi connectivity index (χ1v) is 8.02. The van der Waals surface area contributed by atoms with Crippen LogP contribution in [0.5, 0.6) is 0 Å². The Bertz CT molecular complexity index is 654. The summed E-state index contributed by atoms with van der Waals surface area (Å²) in [5.74, 6) is 1.25. The van der Waals surface area contributed by atoms with Gasteiger partial charge in [0.25, 0.3) is 0 Å². The van der Waals surface area contributed by atoms with Crippen LogP contribution in [0.15, 0.2) is 30.6 Å². The molecule has 1 fully saturated rings. The van der Waals surface area contributed by atoms with E-state index in [1.807, 2.05) is 25.3 Å². The molecule has 3 rings (SSSR count). The Kier molecular flexibility index (Phi) is 4.60. The molecule has 1 N–H and O–H groups in total. The van der Waals surface area contributed by atoms with Crippen molar-refractivity contribution in [2.45, 2.75) is 26.3 Å². The summed E-state index contributed by atoms with van der Waals surface area (Å²) >= 11 is 5.98. The van der Waals surface area contributed by atoms with E-state index >= 15 is 0 Å². The Morgan fingerprint density at radius 3 is 3.09 bits per heavy atom. The topological polar surface area (TPSA) is 49.0 Å². The van der Waals surface area contributed by atoms with E-state index in [4.69, 9.17) is 11.6 Å². The zero-order chi connectivity index (χ0) is 15.5. The highest BCUT2D eigenvalue weighted by atomic mass is 35.5. The second kappa shape index (κ2) is 6.63. The van der Waals surface area contributed by atoms with Crippen LogP contribution in [-0.2, 0) is 6.54 Å². The monoisotopic (exact) mass is 317 g/mol. The number of piperidine rings is 1. The standard InChI is InChI=1S/C17H20ClN3O/c1-12-9-14(18)4-5-15(12)17(22)13-3-2-8-21(10-13)11-16-19-6-7-20-16/h4-7,9,13H,2-3,8,10-11H2,1H3,(H,19,20). The lowest BCUT2D eigenvalue weighted by molar-refractivity contribution is 0.0808. The molecule has 0 spiro atoms. The molecule has 0 radical (unpaired) electrons. The number of H-pyrrole nitrogens is 1. The lowest BCUT2D eigenvalue weighted by atomic mass is 9.88. The highest BCUT2D eigenvalue weighted by Gasteiger charge is 2.27. The van der Waals surface area contributed by atoms with E-state index in [-0.39, 0.29) is 11.7 Å². The minimum absolute atomic E-state index is 0.0589. The molecule has 1 aliphatic heterocycles. The number of benzene rings is 1. The number of nitrogens with zero attached hydrogens (tertiary/aromatic N) is 2. The van der Waals surface area contributed by atoms with Crippen molar-refractivity contribution < 1.29 is 4.79 Å². The molecule has 1 unspecified atom stereocenters. The van der Waals surface area contributed by atoms with E-state index in [0.29, 0.717) is 5.02 Å². The van der Waals surface area contributed by atoms with Crippen molar-refractivity contribution in [1.29, 1.82) is 0 Å². The van der Waals surface area contributed by atoms with Gasteiger partial charge >= 0.3 is 0 Å². The molecule has 0 amide bonds. The summed E-state index contributed by atoms with van der Waals surface area (Å²) in [6.07, 6.45) is 5.59. The fraction of sp³-hybridized carbons (Fsp3) is 0.412. The molecule has 2 aromatic rings. The number of rotatable bonds is 4. The number of nitrogens with one attached hydrogen (secondary N) is 1. The largest absolute Gasteiger partial charge is 0.348 e. The fourth-order valence-electron chi connectivity index (χ4n) is 3.13. The van der Waals surface area contributed by atoms with Gasteiger partial charge < -0.3 is 4.98 Å². The number of carbonyl (C=O) groups is 1. The summed E-state index contributed by atoms with van der Waals surface area (Å²) in [6.45, 7) is 4.53. The summed E-state index contributed by atoms with van der Waals surface area (Å²) in [5, 5.41) is 0.678. The van der Waals surface area contributed by atoms with Crippen molar-refractivity contribution in [3.05, 3.63) is 52.6 Å². The van der Waals surface area contributed by atoms with Crippen molar-refractivity contribution in [2.24, 2.45) is 5.92 Å². The highest BCUT2D eigenvalue weighted by molar-refractivity contribution is 6.30. The first-order valence-electron chi connectivity index (χ1n) is 7.64. The van der Waals surface area contributed by atoms with Crippen molar-refractivity contribution in [3.63, 3.8) is 0 Å². The number of hydrogen-bond donors (Lipinski definition) is 1. The molecular formula is C17H20ClN3O. The third kappa shape index (κ3) is 3.39. The molecule has 1 aromatic heterocycles. The molecule has 2 heterocycles. The Balaban J connectivity index is 1.69. The molecule has 22 heavy (non-hydrogen) atoms. The summed E-state index contributed by atoms with van der Waals surface area (Å²) in [4.78, 5) is 22.5. The van der Waals surface area contributed by atoms with Crippen LogP contribution < -0.4 is 0 Å². The number of aryl methyl sites for hydroxylation is 1. The van der Waals surface area contributed by atoms with E-state index in [1.54, 1.807) is 12.3 Å². The van der Waals surface area contributed by atoms with Crippen LogP contribution in [0.4, 0.5) is 0 Å². The van der Waals surface area contributed by atoms with E-state index in [0.717, 1.165) is 49.4 Å². The fourth-order valence-corrected chi connectivity index (χ4v) is 3.36. The van der Waals surface area contributed by atoms with Crippen molar-refractivity contribution in [1.82, 2.24) is 14.9 Å². The minimum atomic E-state index is 0.0589. The molecule has 0 aliphatic carbocycles. The van der Waals surface area contributed by atoms with Crippen molar-refractivity contribution >= 4 is 17.4 Å². The number of imidazole rings is 1. The number of aromatic amines is 1. The number of halogens is 1. The minimum Gasteiger partial charge on any atom is -0.348 e. The third-order valence-corrected chi connectivity index (χ3v) is 4.49. The molecule has 1 aliphatic rings. The lowest BCUT2D eigenvalue weighted by Crippen LogP contribution is -2.38. The maximum absolute atomic E-state index is 12.8. The number of carbonyl (C=O) groups excluding carboxylic acids is 1. The van der Waals surface area contributed by atoms with E-state index in [2.05, 4.69) is 14.9 Å². The molecule has 1 aromatic carbocycles. The number of hydrogen-bond acceptors (Lipinski definition) is 3. The van der Waals surface area contributed by atoms with Crippen LogP contribution in [0.3, 0.4) is 0 Å². The van der Waals surface area contributed by atoms with Crippen LogP contribution in [0.2, 0.25) is 5.02 Å². The second-order valence-corrected chi connectivity index (χ2v) is 6.37. The molecule has 1 saturated heterocycles. The average molecular weight is 318 g/mol. The zero-order valence-corrected chi connectivity index (χ0v) is 13.4. The van der Waals surface area contributed by atoms with Gasteiger partial charge in [-0.15, -0.1) is 0 Å². The van der Waals surface area contributed by atoms with Crippen molar-refractivity contribution in [2.75, 3.05) is 13.1 Å². The number of ketones is 1. The first kappa shape index (κ1) is 15.3. The predicted octanol–water partition coefficient (Wildman–Crippen LogP) is 3.47. The van der Waals surface area contributed by atoms with E-state index in [1.165, 1.54) is 0 Å². The van der Waals surface area contributed by atoms with Gasteiger partial charge in [-0.2, -0.15) is 0 Å². The van der Waals surface area contributed by atoms with Crippen LogP contribution in [-0.4, -0.2) is 33.7 Å². The van der Waals surface area contributed by atoms with Crippen LogP contribution >= 0.6 is 11.6 Å². The SMILES string of the molecule is Cc1cc(Cl)ccc1C(=O)C1CCCN(Cc2ncc[nH]2)C1. The maximum atomic E-state index is 12.8. The lowest BCUT2D eigenvalue weighted by Gasteiger charge is -2.31. The molecule has 1 atom stereocenters. The zero-order valence-electron chi connectivity index (χ0n) is 12.7.